The number of allylic oxidation sites excluding steroid dienone is 4. The monoisotopic (exact) mass is 1590 g/mol. The fourth-order valence-corrected chi connectivity index (χ4v) is 25.1. The molecule has 612 valence electrons. The van der Waals surface area contributed by atoms with Crippen molar-refractivity contribution >= 4 is 81.5 Å². The van der Waals surface area contributed by atoms with Gasteiger partial charge in [-0.05, 0) is 278 Å². The zero-order chi connectivity index (χ0) is 85.2. The summed E-state index contributed by atoms with van der Waals surface area (Å²) >= 11 is 0. The molecule has 10 heteroatoms. The summed E-state index contributed by atoms with van der Waals surface area (Å²) in [4.78, 5) is 35.4. The van der Waals surface area contributed by atoms with Crippen molar-refractivity contribution in [3.8, 4) is 0 Å². The minimum absolute atomic E-state index is 0.0232. The normalized spacial score (nSPS) is 13.9. The Labute approximate surface area is 685 Å². The highest BCUT2D eigenvalue weighted by Gasteiger charge is 2.44. The minimum atomic E-state index is -4.75. The topological polar surface area (TPSA) is 34.1 Å². The van der Waals surface area contributed by atoms with Gasteiger partial charge in [-0.2, -0.15) is 26.3 Å². The number of hydrogen-bond acceptors (Lipinski definition) is 2. The summed E-state index contributed by atoms with van der Waals surface area (Å²) in [6.07, 6.45) is -9.50. The van der Waals surface area contributed by atoms with Crippen molar-refractivity contribution in [2.24, 2.45) is 0 Å². The van der Waals surface area contributed by atoms with Crippen molar-refractivity contribution in [3.05, 3.63) is 244 Å². The Morgan fingerprint density at radius 2 is 0.342 bits per heavy atom. The smallest absolute Gasteiger partial charge is 0.289 e. The summed E-state index contributed by atoms with van der Waals surface area (Å²) < 4.78 is 90.5. The SMILES string of the molecule is CC(C)c1cc(C(C)C)c(P(c2c(C(C)C)cc(C3=C(c4ccc(C(F)(F)F)cc4)C(=O)C(c4cc(C(C)C)c(P(c5c(C(C)C)cc(C(C)C)cc5C(C)C)c5c(C(C)C)cc(C(C)C)cc5C(C)C)c(C(C)C)c4)=C(c4ccc(C(F)(F)F)cc4)C3=O)cc2C(C)C)c2c(C(C)C)cc(C(C)C)cc2C(C)C)c(C(C)C)c1. The molecule has 0 fully saturated rings. The first-order chi connectivity index (χ1) is 52.9. The van der Waals surface area contributed by atoms with Gasteiger partial charge >= 0.3 is 12.4 Å². The van der Waals surface area contributed by atoms with E-state index in [9.17, 15) is 0 Å². The van der Waals surface area contributed by atoms with Crippen molar-refractivity contribution < 1.29 is 35.9 Å². The van der Waals surface area contributed by atoms with E-state index in [0.29, 0.717) is 11.1 Å². The van der Waals surface area contributed by atoms with Gasteiger partial charge in [0, 0.05) is 22.3 Å². The van der Waals surface area contributed by atoms with E-state index in [0.717, 1.165) is 46.5 Å². The Morgan fingerprint density at radius 3 is 0.474 bits per heavy atom. The molecular weight excluding hydrogens is 1460 g/mol. The number of alkyl halides is 6. The Morgan fingerprint density at radius 1 is 0.202 bits per heavy atom. The summed E-state index contributed by atoms with van der Waals surface area (Å²) in [6.45, 7) is 72.4. The predicted molar refractivity (Wildman–Crippen MR) is 482 cm³/mol. The quantitative estimate of drug-likeness (QED) is 0.0308. The Kier molecular flexibility index (Phi) is 28.5. The van der Waals surface area contributed by atoms with Crippen LogP contribution in [0.4, 0.5) is 26.3 Å². The number of ketones is 2. The molecule has 0 N–H and O–H groups in total. The molecule has 0 unspecified atom stereocenters. The maximum atomic E-state index is 17.7. The Balaban J connectivity index is 1.54. The summed E-state index contributed by atoms with van der Waals surface area (Å²) in [5, 5.41) is 7.61. The molecule has 0 atom stereocenters. The van der Waals surface area contributed by atoms with Crippen LogP contribution in [0.3, 0.4) is 0 Å². The third kappa shape index (κ3) is 18.3. The van der Waals surface area contributed by atoms with Crippen LogP contribution in [0.25, 0.3) is 22.3 Å². The second kappa shape index (κ2) is 35.7. The molecular formula is C104H132F6O2P2. The molecule has 9 rings (SSSR count). The number of rotatable bonds is 26. The predicted octanol–water partition coefficient (Wildman–Crippen LogP) is 29.9. The summed E-state index contributed by atoms with van der Waals surface area (Å²) in [5.41, 5.74) is 18.2. The number of halogens is 6. The fraction of sp³-hybridized carbons (Fsp3) is 0.481. The first-order valence-electron chi connectivity index (χ1n) is 42.5. The lowest BCUT2D eigenvalue weighted by atomic mass is 9.73. The van der Waals surface area contributed by atoms with Gasteiger partial charge in [0.1, 0.15) is 0 Å². The second-order valence-electron chi connectivity index (χ2n) is 37.7. The zero-order valence-corrected chi connectivity index (χ0v) is 76.6. The van der Waals surface area contributed by atoms with Gasteiger partial charge in [-0.25, -0.2) is 0 Å². The number of hydrogen-bond donors (Lipinski definition) is 0. The lowest BCUT2D eigenvalue weighted by Gasteiger charge is -2.37. The maximum absolute atomic E-state index is 17.7. The van der Waals surface area contributed by atoms with E-state index in [1.54, 1.807) is 0 Å². The van der Waals surface area contributed by atoms with Gasteiger partial charge in [0.25, 0.3) is 0 Å². The lowest BCUT2D eigenvalue weighted by Crippen LogP contribution is -2.35. The Hall–Kier alpha value is -6.98. The van der Waals surface area contributed by atoms with Crippen LogP contribution >= 0.6 is 15.8 Å². The molecule has 114 heavy (non-hydrogen) atoms. The first-order valence-corrected chi connectivity index (χ1v) is 45.2. The minimum Gasteiger partial charge on any atom is -0.289 e. The fourth-order valence-electron chi connectivity index (χ4n) is 16.8. The van der Waals surface area contributed by atoms with Crippen molar-refractivity contribution in [3.63, 3.8) is 0 Å². The Bertz CT molecular complexity index is 4300. The van der Waals surface area contributed by atoms with Gasteiger partial charge in [0.15, 0.2) is 11.6 Å². The average Bonchev–Trinajstić information content (AvgIpc) is 0.741. The number of Topliss-reactive ketones (excluding diaryl/α,β-unsaturated/α-hetero) is 2. The molecule has 0 saturated carbocycles. The molecule has 2 nitrogen and oxygen atoms in total. The van der Waals surface area contributed by atoms with E-state index >= 15 is 35.9 Å². The van der Waals surface area contributed by atoms with Crippen LogP contribution in [-0.4, -0.2) is 11.6 Å². The maximum Gasteiger partial charge on any atom is 0.416 e. The summed E-state index contributed by atoms with van der Waals surface area (Å²) in [6, 6.07) is 37.2. The molecule has 0 saturated heterocycles. The molecule has 1 aliphatic carbocycles. The van der Waals surface area contributed by atoms with Crippen LogP contribution in [0.5, 0.6) is 0 Å². The highest BCUT2D eigenvalue weighted by atomic mass is 31.1. The molecule has 1 aliphatic rings. The van der Waals surface area contributed by atoms with E-state index in [4.69, 9.17) is 0 Å². The van der Waals surface area contributed by atoms with Crippen molar-refractivity contribution in [2.45, 2.75) is 329 Å². The highest BCUT2D eigenvalue weighted by molar-refractivity contribution is 7.81. The molecule has 0 heterocycles. The van der Waals surface area contributed by atoms with Gasteiger partial charge in [-0.3, -0.25) is 9.59 Å². The van der Waals surface area contributed by atoms with Crippen LogP contribution in [0.1, 0.15) is 439 Å². The van der Waals surface area contributed by atoms with Gasteiger partial charge in [-0.1, -0.05) is 319 Å². The zero-order valence-electron chi connectivity index (χ0n) is 74.8. The summed E-state index contributed by atoms with van der Waals surface area (Å²) in [5.74, 6) is -0.198. The van der Waals surface area contributed by atoms with Crippen molar-refractivity contribution in [2.75, 3.05) is 0 Å². The van der Waals surface area contributed by atoms with Crippen molar-refractivity contribution in [1.29, 1.82) is 0 Å². The second-order valence-corrected chi connectivity index (χ2v) is 41.7. The van der Waals surface area contributed by atoms with Gasteiger partial charge < -0.3 is 0 Å². The van der Waals surface area contributed by atoms with Crippen LogP contribution in [0, 0.1) is 0 Å². The van der Waals surface area contributed by atoms with E-state index in [1.165, 1.54) is 123 Å². The number of carbonyl (C=O) groups is 2. The van der Waals surface area contributed by atoms with Crippen LogP contribution in [0.15, 0.2) is 121 Å². The third-order valence-corrected chi connectivity index (χ3v) is 29.3. The molecule has 8 aromatic rings. The van der Waals surface area contributed by atoms with Crippen LogP contribution in [0.2, 0.25) is 0 Å². The molecule has 0 radical (unpaired) electrons. The van der Waals surface area contributed by atoms with E-state index in [-0.39, 0.29) is 128 Å². The van der Waals surface area contributed by atoms with Gasteiger partial charge in [-0.15, -0.1) is 0 Å². The van der Waals surface area contributed by atoms with Crippen molar-refractivity contribution in [1.82, 2.24) is 0 Å². The molecule has 0 amide bonds. The molecule has 8 aromatic carbocycles. The highest BCUT2D eigenvalue weighted by Crippen LogP contribution is 2.54. The van der Waals surface area contributed by atoms with E-state index in [2.05, 4.69) is 294 Å². The van der Waals surface area contributed by atoms with Crippen LogP contribution in [-0.2, 0) is 21.9 Å². The molecule has 0 bridgehead atoms. The van der Waals surface area contributed by atoms with Gasteiger partial charge in [0.05, 0.1) is 11.1 Å². The molecule has 0 aromatic heterocycles. The molecule has 0 spiro atoms. The van der Waals surface area contributed by atoms with E-state index < -0.39 is 50.9 Å². The number of carbonyl (C=O) groups excluding carboxylic acids is 2. The van der Waals surface area contributed by atoms with Gasteiger partial charge in [0.2, 0.25) is 0 Å². The van der Waals surface area contributed by atoms with E-state index in [1.807, 2.05) is 0 Å². The first kappa shape index (κ1) is 90.9. The van der Waals surface area contributed by atoms with Crippen LogP contribution < -0.4 is 31.8 Å². The molecule has 0 aliphatic heterocycles. The third-order valence-electron chi connectivity index (χ3n) is 23.6. The average molecular weight is 1590 g/mol. The standard InChI is InChI=1S/C104H132F6O2P2/c1-53(2)71-41-79(57(9)10)97(80(42-71)58(11)12)113(98-81(59(13)14)43-72(54(3)4)44-82(98)60(15)16)101-87(65(25)26)49-75(50-88(101)66(27)28)93-91(69-33-37-77(38-34-69)103(105,106)107)96(112)94(92(95(93)111)70-35-39-78(40-36-70)104(108,109)110)76-51-89(67(29)30)102(90(52-76)68(31)32)114(99-83(61(17)18)45-73(55(5)6)46-84(99)62(19)20)100-85(63(21)22)47-74(56(7)8)48-86(100)64(23)24/h33-68H,1-32H3. The largest absolute Gasteiger partial charge is 0.416 e. The summed E-state index contributed by atoms with van der Waals surface area (Å²) in [7, 11) is -3.01. The lowest BCUT2D eigenvalue weighted by molar-refractivity contribution is -0.138. The number of benzene rings is 8.